The SMILES string of the molecule is C=CCCC(CC)S(=O)(=O)NC(=O)c1ccc2c(c1)N(C[C@@H]1CC[C@H]1C(O)/C=C/CCC)C[C@@]1(CCCc3cc(Cl)ccc31)CO2. The van der Waals surface area contributed by atoms with E-state index in [0.29, 0.717) is 44.7 Å². The molecule has 3 aliphatic rings. The Kier molecular flexibility index (Phi) is 11.2. The van der Waals surface area contributed by atoms with Gasteiger partial charge in [0.2, 0.25) is 10.0 Å². The molecule has 5 rings (SSSR count). The summed E-state index contributed by atoms with van der Waals surface area (Å²) in [6, 6.07) is 11.4. The normalized spacial score (nSPS) is 23.9. The number of nitrogens with zero attached hydrogens (tertiary/aromatic N) is 1. The van der Waals surface area contributed by atoms with E-state index in [-0.39, 0.29) is 22.8 Å². The molecule has 7 nitrogen and oxygen atoms in total. The van der Waals surface area contributed by atoms with Crippen LogP contribution in [0.4, 0.5) is 5.69 Å². The van der Waals surface area contributed by atoms with Gasteiger partial charge in [-0.15, -0.1) is 6.58 Å². The summed E-state index contributed by atoms with van der Waals surface area (Å²) in [5.41, 5.74) is 3.28. The summed E-state index contributed by atoms with van der Waals surface area (Å²) >= 11 is 6.41. The second-order valence-corrected chi connectivity index (χ2v) is 15.8. The lowest BCUT2D eigenvalue weighted by Crippen LogP contribution is -2.49. The first-order chi connectivity index (χ1) is 22.1. The van der Waals surface area contributed by atoms with Crippen molar-refractivity contribution in [1.82, 2.24) is 4.72 Å². The zero-order valence-corrected chi connectivity index (χ0v) is 28.8. The van der Waals surface area contributed by atoms with Gasteiger partial charge in [-0.3, -0.25) is 4.79 Å². The van der Waals surface area contributed by atoms with Crippen LogP contribution in [0.3, 0.4) is 0 Å². The van der Waals surface area contributed by atoms with Crippen LogP contribution in [0.2, 0.25) is 5.02 Å². The van der Waals surface area contributed by atoms with Gasteiger partial charge in [-0.05, 0) is 111 Å². The summed E-state index contributed by atoms with van der Waals surface area (Å²) in [6.45, 7) is 9.52. The number of aliphatic hydroxyl groups is 1. The van der Waals surface area contributed by atoms with Crippen LogP contribution in [0.25, 0.3) is 0 Å². The smallest absolute Gasteiger partial charge is 0.264 e. The van der Waals surface area contributed by atoms with Crippen molar-refractivity contribution in [2.45, 2.75) is 94.8 Å². The van der Waals surface area contributed by atoms with E-state index in [1.807, 2.05) is 19.1 Å². The minimum atomic E-state index is -3.87. The molecule has 250 valence electrons. The lowest BCUT2D eigenvalue weighted by Gasteiger charge is -2.45. The molecule has 5 atom stereocenters. The standard InChI is InChI=1S/C37H49ClN2O5S/c1-4-7-9-13-34(41)31-17-14-28(31)23-40-24-37(20-10-11-26-21-29(38)16-18-32(26)37)25-45-35-19-15-27(22-33(35)40)36(42)39-46(43,44)30(6-3)12-8-5-2/h5,9,13,15-16,18-19,21-22,28,30-31,34,41H,2,4,6-8,10-12,14,17,20,23-25H2,1,3H3,(H,39,42)/b13-9+/t28-,30?,31+,34?,37-/m0/s1. The molecule has 1 heterocycles. The molecule has 46 heavy (non-hydrogen) atoms. The summed E-state index contributed by atoms with van der Waals surface area (Å²) in [5, 5.41) is 11.1. The van der Waals surface area contributed by atoms with Gasteiger partial charge in [0, 0.05) is 29.1 Å². The van der Waals surface area contributed by atoms with E-state index in [0.717, 1.165) is 55.7 Å². The number of sulfonamides is 1. The average molecular weight is 669 g/mol. The van der Waals surface area contributed by atoms with E-state index >= 15 is 0 Å². The highest BCUT2D eigenvalue weighted by molar-refractivity contribution is 7.90. The predicted molar refractivity (Wildman–Crippen MR) is 186 cm³/mol. The minimum Gasteiger partial charge on any atom is -0.490 e. The third-order valence-corrected chi connectivity index (χ3v) is 12.4. The molecule has 2 unspecified atom stereocenters. The summed E-state index contributed by atoms with van der Waals surface area (Å²) in [7, 11) is -3.87. The van der Waals surface area contributed by atoms with Gasteiger partial charge in [0.15, 0.2) is 0 Å². The van der Waals surface area contributed by atoms with Gasteiger partial charge in [0.1, 0.15) is 5.75 Å². The number of aliphatic hydroxyl groups excluding tert-OH is 1. The van der Waals surface area contributed by atoms with Crippen molar-refractivity contribution in [2.75, 3.05) is 24.6 Å². The number of hydrogen-bond acceptors (Lipinski definition) is 6. The zero-order valence-electron chi connectivity index (χ0n) is 27.2. The maximum atomic E-state index is 13.5. The number of carbonyl (C=O) groups is 1. The van der Waals surface area contributed by atoms with E-state index < -0.39 is 27.3 Å². The van der Waals surface area contributed by atoms with Crippen molar-refractivity contribution in [3.8, 4) is 5.75 Å². The number of carbonyl (C=O) groups excluding carboxylic acids is 1. The molecule has 0 radical (unpaired) electrons. The molecular formula is C37H49ClN2O5S. The largest absolute Gasteiger partial charge is 0.490 e. The van der Waals surface area contributed by atoms with Gasteiger partial charge in [-0.1, -0.05) is 56.2 Å². The molecule has 2 aromatic carbocycles. The van der Waals surface area contributed by atoms with Crippen LogP contribution in [0.5, 0.6) is 5.75 Å². The zero-order chi connectivity index (χ0) is 32.9. The fourth-order valence-electron chi connectivity index (χ4n) is 7.51. The van der Waals surface area contributed by atoms with Crippen molar-refractivity contribution in [3.05, 3.63) is 82.9 Å². The van der Waals surface area contributed by atoms with E-state index in [1.54, 1.807) is 24.3 Å². The number of rotatable bonds is 13. The van der Waals surface area contributed by atoms with Gasteiger partial charge < -0.3 is 14.7 Å². The van der Waals surface area contributed by atoms with Crippen molar-refractivity contribution in [3.63, 3.8) is 0 Å². The first kappa shape index (κ1) is 34.5. The summed E-state index contributed by atoms with van der Waals surface area (Å²) in [4.78, 5) is 15.8. The number of ether oxygens (including phenoxy) is 1. The Labute approximate surface area is 280 Å². The Balaban J connectivity index is 1.47. The third-order valence-electron chi connectivity index (χ3n) is 10.3. The van der Waals surface area contributed by atoms with Crippen LogP contribution < -0.4 is 14.4 Å². The van der Waals surface area contributed by atoms with E-state index in [9.17, 15) is 18.3 Å². The summed E-state index contributed by atoms with van der Waals surface area (Å²) < 4.78 is 35.2. The van der Waals surface area contributed by atoms with Crippen molar-refractivity contribution < 1.29 is 23.1 Å². The van der Waals surface area contributed by atoms with Crippen LogP contribution in [-0.2, 0) is 21.9 Å². The van der Waals surface area contributed by atoms with Crippen LogP contribution in [-0.4, -0.2) is 50.5 Å². The fraction of sp³-hybridized carbons (Fsp3) is 0.541. The molecule has 0 aromatic heterocycles. The number of fused-ring (bicyclic) bond motifs is 3. The fourth-order valence-corrected chi connectivity index (χ4v) is 9.13. The van der Waals surface area contributed by atoms with Crippen molar-refractivity contribution in [2.24, 2.45) is 11.8 Å². The van der Waals surface area contributed by atoms with Crippen molar-refractivity contribution >= 4 is 33.2 Å². The van der Waals surface area contributed by atoms with Gasteiger partial charge in [0.25, 0.3) is 5.91 Å². The number of allylic oxidation sites excluding steroid dienone is 2. The van der Waals surface area contributed by atoms with E-state index in [4.69, 9.17) is 16.3 Å². The van der Waals surface area contributed by atoms with Gasteiger partial charge >= 0.3 is 0 Å². The quantitative estimate of drug-likeness (QED) is 0.217. The Hall–Kier alpha value is -2.81. The Morgan fingerprint density at radius 1 is 1.22 bits per heavy atom. The first-order valence-electron chi connectivity index (χ1n) is 16.9. The monoisotopic (exact) mass is 668 g/mol. The molecule has 2 aliphatic carbocycles. The number of unbranched alkanes of at least 4 members (excludes halogenated alkanes) is 1. The maximum absolute atomic E-state index is 13.5. The van der Waals surface area contributed by atoms with E-state index in [1.165, 1.54) is 11.1 Å². The Bertz CT molecular complexity index is 1540. The number of nitrogens with one attached hydrogen (secondary N) is 1. The molecule has 1 spiro atoms. The van der Waals surface area contributed by atoms with Crippen LogP contribution in [0.15, 0.2) is 61.2 Å². The van der Waals surface area contributed by atoms with Gasteiger partial charge in [-0.2, -0.15) is 0 Å². The Morgan fingerprint density at radius 2 is 2.04 bits per heavy atom. The second-order valence-electron chi connectivity index (χ2n) is 13.4. The predicted octanol–water partition coefficient (Wildman–Crippen LogP) is 7.36. The first-order valence-corrected chi connectivity index (χ1v) is 18.9. The highest BCUT2D eigenvalue weighted by Crippen LogP contribution is 2.46. The molecule has 1 fully saturated rings. The van der Waals surface area contributed by atoms with Crippen LogP contribution in [0, 0.1) is 11.8 Å². The Morgan fingerprint density at radius 3 is 2.76 bits per heavy atom. The molecular weight excluding hydrogens is 620 g/mol. The van der Waals surface area contributed by atoms with Crippen LogP contribution >= 0.6 is 11.6 Å². The molecule has 2 aromatic rings. The summed E-state index contributed by atoms with van der Waals surface area (Å²) in [6.07, 6.45) is 13.5. The lowest BCUT2D eigenvalue weighted by atomic mass is 9.68. The number of hydrogen-bond donors (Lipinski definition) is 2. The van der Waals surface area contributed by atoms with E-state index in [2.05, 4.69) is 41.3 Å². The molecule has 9 heteroatoms. The number of benzene rings is 2. The highest BCUT2D eigenvalue weighted by atomic mass is 35.5. The number of halogens is 1. The molecule has 0 bridgehead atoms. The molecule has 2 N–H and O–H groups in total. The number of amides is 1. The maximum Gasteiger partial charge on any atom is 0.264 e. The molecule has 1 saturated carbocycles. The van der Waals surface area contributed by atoms with Gasteiger partial charge in [0.05, 0.1) is 23.6 Å². The van der Waals surface area contributed by atoms with Gasteiger partial charge in [-0.25, -0.2) is 13.1 Å². The third kappa shape index (κ3) is 7.50. The average Bonchev–Trinajstić information content (AvgIpc) is 3.16. The molecule has 0 saturated heterocycles. The topological polar surface area (TPSA) is 95.9 Å². The highest BCUT2D eigenvalue weighted by Gasteiger charge is 2.44. The number of aryl methyl sites for hydroxylation is 1. The summed E-state index contributed by atoms with van der Waals surface area (Å²) in [5.74, 6) is 0.460. The molecule has 1 amide bonds. The van der Waals surface area contributed by atoms with Crippen LogP contribution in [0.1, 0.15) is 93.1 Å². The molecule has 1 aliphatic heterocycles. The lowest BCUT2D eigenvalue weighted by molar-refractivity contribution is 0.0456. The number of anilines is 1. The minimum absolute atomic E-state index is 0.160. The second kappa shape index (κ2) is 15.0. The van der Waals surface area contributed by atoms with Crippen molar-refractivity contribution in [1.29, 1.82) is 0 Å².